The van der Waals surface area contributed by atoms with Crippen molar-refractivity contribution in [3.63, 3.8) is 0 Å². The van der Waals surface area contributed by atoms with Gasteiger partial charge < -0.3 is 15.1 Å². The molecule has 0 bridgehead atoms. The standard InChI is InChI=1S/C18H19N5O/c19-13-15-1-3-17(4-2-15)22-9-11-23(12-10-22)18(24)21-14-16-5-7-20-8-6-16/h1-8H,9-12,14H2,(H,21,24). The summed E-state index contributed by atoms with van der Waals surface area (Å²) < 4.78 is 0. The van der Waals surface area contributed by atoms with Gasteiger partial charge in [0.1, 0.15) is 0 Å². The lowest BCUT2D eigenvalue weighted by molar-refractivity contribution is 0.194. The zero-order valence-electron chi connectivity index (χ0n) is 13.4. The Morgan fingerprint density at radius 1 is 1.08 bits per heavy atom. The molecule has 0 unspecified atom stereocenters. The van der Waals surface area contributed by atoms with Crippen molar-refractivity contribution >= 4 is 11.7 Å². The Bertz CT molecular complexity index is 715. The average Bonchev–Trinajstić information content (AvgIpc) is 2.67. The van der Waals surface area contributed by atoms with Crippen LogP contribution >= 0.6 is 0 Å². The molecule has 1 aromatic heterocycles. The number of urea groups is 1. The average molecular weight is 321 g/mol. The van der Waals surface area contributed by atoms with E-state index >= 15 is 0 Å². The molecule has 6 heteroatoms. The Morgan fingerprint density at radius 3 is 2.38 bits per heavy atom. The van der Waals surface area contributed by atoms with Crippen LogP contribution in [0.5, 0.6) is 0 Å². The fourth-order valence-corrected chi connectivity index (χ4v) is 2.70. The summed E-state index contributed by atoms with van der Waals surface area (Å²) in [6.45, 7) is 3.45. The number of nitrogens with one attached hydrogen (secondary N) is 1. The van der Waals surface area contributed by atoms with Gasteiger partial charge in [0.25, 0.3) is 0 Å². The number of piperazine rings is 1. The van der Waals surface area contributed by atoms with E-state index in [1.165, 1.54) is 0 Å². The molecule has 0 radical (unpaired) electrons. The van der Waals surface area contributed by atoms with Gasteiger partial charge >= 0.3 is 6.03 Å². The number of nitrogens with zero attached hydrogens (tertiary/aromatic N) is 4. The van der Waals surface area contributed by atoms with Gasteiger partial charge in [0.05, 0.1) is 11.6 Å². The maximum Gasteiger partial charge on any atom is 0.317 e. The van der Waals surface area contributed by atoms with Gasteiger partial charge in [-0.3, -0.25) is 4.98 Å². The summed E-state index contributed by atoms with van der Waals surface area (Å²) >= 11 is 0. The lowest BCUT2D eigenvalue weighted by Gasteiger charge is -2.36. The van der Waals surface area contributed by atoms with E-state index in [1.807, 2.05) is 41.3 Å². The fraction of sp³-hybridized carbons (Fsp3) is 0.278. The molecule has 1 aliphatic rings. The molecule has 122 valence electrons. The predicted octanol–water partition coefficient (Wildman–Crippen LogP) is 1.99. The number of aromatic nitrogens is 1. The third-order valence-electron chi connectivity index (χ3n) is 4.12. The number of hydrogen-bond acceptors (Lipinski definition) is 4. The van der Waals surface area contributed by atoms with Crippen LogP contribution in [0.3, 0.4) is 0 Å². The van der Waals surface area contributed by atoms with Gasteiger partial charge in [-0.15, -0.1) is 0 Å². The van der Waals surface area contributed by atoms with Gasteiger partial charge in [0.15, 0.2) is 0 Å². The number of pyridine rings is 1. The van der Waals surface area contributed by atoms with Crippen molar-refractivity contribution in [2.75, 3.05) is 31.1 Å². The highest BCUT2D eigenvalue weighted by atomic mass is 16.2. The highest BCUT2D eigenvalue weighted by Gasteiger charge is 2.21. The molecule has 0 aliphatic carbocycles. The molecular formula is C18H19N5O. The van der Waals surface area contributed by atoms with Crippen LogP contribution in [0.2, 0.25) is 0 Å². The summed E-state index contributed by atoms with van der Waals surface area (Å²) in [4.78, 5) is 20.3. The minimum atomic E-state index is -0.0358. The minimum Gasteiger partial charge on any atom is -0.368 e. The zero-order valence-corrected chi connectivity index (χ0v) is 13.4. The Morgan fingerprint density at radius 2 is 1.75 bits per heavy atom. The first-order chi connectivity index (χ1) is 11.8. The second-order valence-electron chi connectivity index (χ2n) is 5.65. The third-order valence-corrected chi connectivity index (χ3v) is 4.12. The molecule has 0 atom stereocenters. The van der Waals surface area contributed by atoms with Crippen LogP contribution in [0.4, 0.5) is 10.5 Å². The summed E-state index contributed by atoms with van der Waals surface area (Å²) in [5, 5.41) is 11.8. The molecule has 6 nitrogen and oxygen atoms in total. The Hall–Kier alpha value is -3.07. The number of rotatable bonds is 3. The van der Waals surface area contributed by atoms with Crippen molar-refractivity contribution in [3.8, 4) is 6.07 Å². The molecule has 2 amide bonds. The van der Waals surface area contributed by atoms with Gasteiger partial charge in [0, 0.05) is 50.8 Å². The first-order valence-corrected chi connectivity index (χ1v) is 7.93. The van der Waals surface area contributed by atoms with Crippen molar-refractivity contribution in [2.24, 2.45) is 0 Å². The summed E-state index contributed by atoms with van der Waals surface area (Å²) in [5.74, 6) is 0. The van der Waals surface area contributed by atoms with Crippen molar-refractivity contribution in [1.82, 2.24) is 15.2 Å². The van der Waals surface area contributed by atoms with Gasteiger partial charge in [-0.05, 0) is 42.0 Å². The van der Waals surface area contributed by atoms with E-state index in [9.17, 15) is 4.79 Å². The van der Waals surface area contributed by atoms with Crippen LogP contribution < -0.4 is 10.2 Å². The van der Waals surface area contributed by atoms with E-state index in [1.54, 1.807) is 12.4 Å². The largest absolute Gasteiger partial charge is 0.368 e. The van der Waals surface area contributed by atoms with Crippen LogP contribution in [-0.2, 0) is 6.54 Å². The van der Waals surface area contributed by atoms with Crippen LogP contribution in [0.1, 0.15) is 11.1 Å². The molecule has 1 aliphatic heterocycles. The highest BCUT2D eigenvalue weighted by Crippen LogP contribution is 2.17. The summed E-state index contributed by atoms with van der Waals surface area (Å²) in [7, 11) is 0. The topological polar surface area (TPSA) is 72.3 Å². The summed E-state index contributed by atoms with van der Waals surface area (Å²) in [5.41, 5.74) is 2.79. The Balaban J connectivity index is 1.49. The molecule has 2 heterocycles. The summed E-state index contributed by atoms with van der Waals surface area (Å²) in [6, 6.07) is 13.4. The van der Waals surface area contributed by atoms with Gasteiger partial charge in [-0.25, -0.2) is 4.79 Å². The van der Waals surface area contributed by atoms with Crippen molar-refractivity contribution in [1.29, 1.82) is 5.26 Å². The molecule has 24 heavy (non-hydrogen) atoms. The van der Waals surface area contributed by atoms with Crippen LogP contribution in [0, 0.1) is 11.3 Å². The molecule has 0 spiro atoms. The predicted molar refractivity (Wildman–Crippen MR) is 91.4 cm³/mol. The number of anilines is 1. The molecule has 1 N–H and O–H groups in total. The number of benzene rings is 1. The monoisotopic (exact) mass is 321 g/mol. The molecule has 3 rings (SSSR count). The Labute approximate surface area is 141 Å². The third kappa shape index (κ3) is 3.82. The minimum absolute atomic E-state index is 0.0358. The second-order valence-corrected chi connectivity index (χ2v) is 5.65. The van der Waals surface area contributed by atoms with Crippen molar-refractivity contribution in [3.05, 3.63) is 59.9 Å². The molecule has 1 aromatic carbocycles. The first kappa shape index (κ1) is 15.8. The van der Waals surface area contributed by atoms with Crippen LogP contribution in [-0.4, -0.2) is 42.1 Å². The van der Waals surface area contributed by atoms with Gasteiger partial charge in [-0.1, -0.05) is 0 Å². The van der Waals surface area contributed by atoms with Crippen molar-refractivity contribution < 1.29 is 4.79 Å². The van der Waals surface area contributed by atoms with E-state index in [-0.39, 0.29) is 6.03 Å². The second kappa shape index (κ2) is 7.47. The van der Waals surface area contributed by atoms with Gasteiger partial charge in [-0.2, -0.15) is 5.26 Å². The molecule has 1 saturated heterocycles. The normalized spacial score (nSPS) is 14.1. The number of carbonyl (C=O) groups is 1. The molecular weight excluding hydrogens is 302 g/mol. The smallest absolute Gasteiger partial charge is 0.317 e. The van der Waals surface area contributed by atoms with E-state index in [2.05, 4.69) is 21.3 Å². The zero-order chi connectivity index (χ0) is 16.8. The lowest BCUT2D eigenvalue weighted by Crippen LogP contribution is -2.51. The number of carbonyl (C=O) groups excluding carboxylic acids is 1. The SMILES string of the molecule is N#Cc1ccc(N2CCN(C(=O)NCc3ccncc3)CC2)cc1. The van der Waals surface area contributed by atoms with Gasteiger partial charge in [0.2, 0.25) is 0 Å². The highest BCUT2D eigenvalue weighted by molar-refractivity contribution is 5.74. The quantitative estimate of drug-likeness (QED) is 0.938. The first-order valence-electron chi connectivity index (χ1n) is 7.93. The molecule has 2 aromatic rings. The van der Waals surface area contributed by atoms with E-state index in [4.69, 9.17) is 5.26 Å². The van der Waals surface area contributed by atoms with E-state index in [0.29, 0.717) is 25.2 Å². The summed E-state index contributed by atoms with van der Waals surface area (Å²) in [6.07, 6.45) is 3.44. The molecule has 1 fully saturated rings. The lowest BCUT2D eigenvalue weighted by atomic mass is 10.2. The molecule has 0 saturated carbocycles. The van der Waals surface area contributed by atoms with Crippen molar-refractivity contribution in [2.45, 2.75) is 6.54 Å². The fourth-order valence-electron chi connectivity index (χ4n) is 2.70. The van der Waals surface area contributed by atoms with Crippen LogP contribution in [0.15, 0.2) is 48.8 Å². The maximum atomic E-state index is 12.2. The number of hydrogen-bond donors (Lipinski definition) is 1. The van der Waals surface area contributed by atoms with E-state index in [0.717, 1.165) is 24.3 Å². The number of nitriles is 1. The van der Waals surface area contributed by atoms with E-state index < -0.39 is 0 Å². The number of amides is 2. The van der Waals surface area contributed by atoms with Crippen LogP contribution in [0.25, 0.3) is 0 Å². The Kier molecular flexibility index (Phi) is 4.92. The maximum absolute atomic E-state index is 12.2.